The van der Waals surface area contributed by atoms with Gasteiger partial charge < -0.3 is 10.2 Å². The van der Waals surface area contributed by atoms with Crippen molar-refractivity contribution in [1.29, 1.82) is 0 Å². The molecule has 0 unspecified atom stereocenters. The summed E-state index contributed by atoms with van der Waals surface area (Å²) in [6.07, 6.45) is 3.98. The van der Waals surface area contributed by atoms with Crippen LogP contribution in [0.4, 0.5) is 5.69 Å². The molecule has 0 bridgehead atoms. The van der Waals surface area contributed by atoms with E-state index in [1.54, 1.807) is 49.4 Å². The maximum absolute atomic E-state index is 14.7. The smallest absolute Gasteiger partial charge is 0.264 e. The predicted octanol–water partition coefficient (Wildman–Crippen LogP) is 7.85. The number of anilines is 1. The molecule has 0 aliphatic heterocycles. The third-order valence-electron chi connectivity index (χ3n) is 8.39. The molecule has 1 fully saturated rings. The Morgan fingerprint density at radius 3 is 2.15 bits per heavy atom. The summed E-state index contributed by atoms with van der Waals surface area (Å²) in [5.74, 6) is -0.874. The maximum atomic E-state index is 14.7. The van der Waals surface area contributed by atoms with Crippen LogP contribution in [0, 0.1) is 6.92 Å². The van der Waals surface area contributed by atoms with Crippen molar-refractivity contribution in [3.05, 3.63) is 129 Å². The van der Waals surface area contributed by atoms with Crippen molar-refractivity contribution in [2.75, 3.05) is 10.8 Å². The number of halogens is 3. The quantitative estimate of drug-likeness (QED) is 0.162. The summed E-state index contributed by atoms with van der Waals surface area (Å²) in [5, 5.41) is 4.30. The van der Waals surface area contributed by atoms with Crippen molar-refractivity contribution >= 4 is 62.3 Å². The third kappa shape index (κ3) is 8.68. The minimum atomic E-state index is -4.25. The van der Waals surface area contributed by atoms with Crippen LogP contribution < -0.4 is 9.62 Å². The van der Waals surface area contributed by atoms with Crippen LogP contribution in [0.25, 0.3) is 0 Å². The zero-order chi connectivity index (χ0) is 33.6. The molecule has 0 saturated heterocycles. The Kier molecular flexibility index (Phi) is 11.5. The fraction of sp³-hybridized carbons (Fsp3) is 0.278. The monoisotopic (exact) mass is 711 g/mol. The van der Waals surface area contributed by atoms with Crippen LogP contribution in [0.1, 0.15) is 42.4 Å². The largest absolute Gasteiger partial charge is 0.352 e. The summed E-state index contributed by atoms with van der Waals surface area (Å²) in [6, 6.07) is 26.2. The number of aryl methyl sites for hydroxylation is 1. The van der Waals surface area contributed by atoms with E-state index in [4.69, 9.17) is 34.8 Å². The normalized spacial score (nSPS) is 14.0. The molecule has 0 spiro atoms. The second-order valence-electron chi connectivity index (χ2n) is 11.7. The average Bonchev–Trinajstić information content (AvgIpc) is 3.56. The fourth-order valence-corrected chi connectivity index (χ4v) is 7.92. The van der Waals surface area contributed by atoms with Gasteiger partial charge in [-0.2, -0.15) is 0 Å². The second kappa shape index (κ2) is 15.6. The number of amides is 2. The topological polar surface area (TPSA) is 86.8 Å². The van der Waals surface area contributed by atoms with Gasteiger partial charge in [0.05, 0.1) is 10.6 Å². The molecule has 1 aliphatic carbocycles. The van der Waals surface area contributed by atoms with Gasteiger partial charge in [-0.1, -0.05) is 102 Å². The van der Waals surface area contributed by atoms with Crippen molar-refractivity contribution in [2.45, 2.75) is 62.6 Å². The Morgan fingerprint density at radius 2 is 1.49 bits per heavy atom. The zero-order valence-corrected chi connectivity index (χ0v) is 29.0. The molecule has 11 heteroatoms. The molecule has 2 amide bonds. The molecule has 0 aromatic heterocycles. The van der Waals surface area contributed by atoms with Crippen molar-refractivity contribution in [1.82, 2.24) is 10.2 Å². The molecule has 47 heavy (non-hydrogen) atoms. The number of carbonyl (C=O) groups is 2. The van der Waals surface area contributed by atoms with Crippen LogP contribution in [0.2, 0.25) is 15.1 Å². The Hall–Kier alpha value is -3.56. The molecule has 5 rings (SSSR count). The highest BCUT2D eigenvalue weighted by molar-refractivity contribution is 7.92. The van der Waals surface area contributed by atoms with Crippen molar-refractivity contribution in [3.63, 3.8) is 0 Å². The summed E-state index contributed by atoms with van der Waals surface area (Å²) < 4.78 is 29.5. The third-order valence-corrected chi connectivity index (χ3v) is 11.0. The highest BCUT2D eigenvalue weighted by Gasteiger charge is 2.36. The van der Waals surface area contributed by atoms with Gasteiger partial charge in [0.25, 0.3) is 10.0 Å². The Balaban J connectivity index is 1.59. The second-order valence-corrected chi connectivity index (χ2v) is 14.8. The molecular weight excluding hydrogens is 677 g/mol. The van der Waals surface area contributed by atoms with Gasteiger partial charge >= 0.3 is 0 Å². The number of nitrogens with zero attached hydrogens (tertiary/aromatic N) is 2. The minimum Gasteiger partial charge on any atom is -0.352 e. The lowest BCUT2D eigenvalue weighted by Gasteiger charge is -2.35. The Labute approximate surface area is 291 Å². The lowest BCUT2D eigenvalue weighted by Crippen LogP contribution is -2.54. The van der Waals surface area contributed by atoms with Gasteiger partial charge in [-0.15, -0.1) is 0 Å². The maximum Gasteiger partial charge on any atom is 0.264 e. The minimum absolute atomic E-state index is 0.00518. The number of sulfonamides is 1. The first-order valence-corrected chi connectivity index (χ1v) is 18.0. The van der Waals surface area contributed by atoms with Crippen molar-refractivity contribution in [2.24, 2.45) is 0 Å². The Morgan fingerprint density at radius 1 is 0.851 bits per heavy atom. The summed E-state index contributed by atoms with van der Waals surface area (Å²) in [7, 11) is -4.25. The number of carbonyl (C=O) groups excluding carboxylic acids is 2. The van der Waals surface area contributed by atoms with Gasteiger partial charge in [0, 0.05) is 34.1 Å². The van der Waals surface area contributed by atoms with E-state index in [2.05, 4.69) is 5.32 Å². The van der Waals surface area contributed by atoms with Crippen LogP contribution in [-0.4, -0.2) is 43.8 Å². The fourth-order valence-electron chi connectivity index (χ4n) is 5.85. The molecule has 0 heterocycles. The predicted molar refractivity (Wildman–Crippen MR) is 189 cm³/mol. The number of hydrogen-bond acceptors (Lipinski definition) is 4. The molecular formula is C36H36Cl3N3O4S. The zero-order valence-electron chi connectivity index (χ0n) is 25.9. The highest BCUT2D eigenvalue weighted by Crippen LogP contribution is 2.29. The number of benzene rings is 4. The van der Waals surface area contributed by atoms with Crippen LogP contribution in [0.3, 0.4) is 0 Å². The summed E-state index contributed by atoms with van der Waals surface area (Å²) >= 11 is 18.9. The van der Waals surface area contributed by atoms with Crippen LogP contribution >= 0.6 is 34.8 Å². The number of rotatable bonds is 12. The van der Waals surface area contributed by atoms with Gasteiger partial charge in [-0.05, 0) is 78.9 Å². The van der Waals surface area contributed by atoms with E-state index in [0.29, 0.717) is 31.9 Å². The van der Waals surface area contributed by atoms with Gasteiger partial charge in [-0.3, -0.25) is 13.9 Å². The van der Waals surface area contributed by atoms with Crippen molar-refractivity contribution in [3.8, 4) is 0 Å². The lowest BCUT2D eigenvalue weighted by molar-refractivity contribution is -0.140. The highest BCUT2D eigenvalue weighted by atomic mass is 35.5. The van der Waals surface area contributed by atoms with E-state index in [0.717, 1.165) is 35.6 Å². The lowest BCUT2D eigenvalue weighted by atomic mass is 10.0. The van der Waals surface area contributed by atoms with E-state index in [9.17, 15) is 18.0 Å². The van der Waals surface area contributed by atoms with E-state index in [-0.39, 0.29) is 29.8 Å². The molecule has 7 nitrogen and oxygen atoms in total. The first-order valence-electron chi connectivity index (χ1n) is 15.4. The van der Waals surface area contributed by atoms with Crippen LogP contribution in [0.5, 0.6) is 0 Å². The molecule has 1 N–H and O–H groups in total. The standard InChI is InChI=1S/C36H36Cl3N3O4S/c1-25-9-5-8-14-33(25)42(47(45,46)31-19-17-28(37)18-20-31)24-35(43)41(23-27-15-16-29(38)22-32(27)39)34(21-26-10-3-2-4-11-26)36(44)40-30-12-6-7-13-30/h2-5,8-11,14-20,22,30,34H,6-7,12-13,21,23-24H2,1H3,(H,40,44)/t34-/m0/s1. The number of hydrogen-bond donors (Lipinski definition) is 1. The summed E-state index contributed by atoms with van der Waals surface area (Å²) in [6.45, 7) is 1.17. The first-order chi connectivity index (χ1) is 22.5. The molecule has 0 radical (unpaired) electrons. The van der Waals surface area contributed by atoms with E-state index < -0.39 is 28.5 Å². The molecule has 4 aromatic rings. The molecule has 1 atom stereocenters. The number of nitrogens with one attached hydrogen (secondary N) is 1. The average molecular weight is 713 g/mol. The summed E-state index contributed by atoms with van der Waals surface area (Å²) in [5.41, 5.74) is 2.42. The van der Waals surface area contributed by atoms with Gasteiger partial charge in [0.15, 0.2) is 0 Å². The summed E-state index contributed by atoms with van der Waals surface area (Å²) in [4.78, 5) is 30.2. The molecule has 1 aliphatic rings. The van der Waals surface area contributed by atoms with Crippen molar-refractivity contribution < 1.29 is 18.0 Å². The Bertz CT molecular complexity index is 1820. The SMILES string of the molecule is Cc1ccccc1N(CC(=O)N(Cc1ccc(Cl)cc1Cl)[C@@H](Cc1ccccc1)C(=O)NC1CCCC1)S(=O)(=O)c1ccc(Cl)cc1. The van der Waals surface area contributed by atoms with Gasteiger partial charge in [0.2, 0.25) is 11.8 Å². The molecule has 1 saturated carbocycles. The van der Waals surface area contributed by atoms with Crippen LogP contribution in [0.15, 0.2) is 102 Å². The molecule has 4 aromatic carbocycles. The van der Waals surface area contributed by atoms with Gasteiger partial charge in [-0.25, -0.2) is 8.42 Å². The van der Waals surface area contributed by atoms with E-state index >= 15 is 0 Å². The van der Waals surface area contributed by atoms with Crippen LogP contribution in [-0.2, 0) is 32.6 Å². The molecule has 246 valence electrons. The van der Waals surface area contributed by atoms with Gasteiger partial charge in [0.1, 0.15) is 12.6 Å². The van der Waals surface area contributed by atoms with E-state index in [1.807, 2.05) is 30.3 Å². The first kappa shape index (κ1) is 34.8. The van der Waals surface area contributed by atoms with E-state index in [1.165, 1.54) is 29.2 Å². The number of para-hydroxylation sites is 1.